The van der Waals surface area contributed by atoms with Gasteiger partial charge in [0.1, 0.15) is 14.2 Å². The van der Waals surface area contributed by atoms with Crippen LogP contribution < -0.4 is 24.2 Å². The van der Waals surface area contributed by atoms with Crippen molar-refractivity contribution in [2.75, 3.05) is 11.9 Å². The Bertz CT molecular complexity index is 1500. The van der Waals surface area contributed by atoms with E-state index in [2.05, 4.69) is 90.5 Å². The van der Waals surface area contributed by atoms with E-state index in [1.165, 1.54) is 16.0 Å². The highest BCUT2D eigenvalue weighted by Gasteiger charge is 2.25. The number of fused-ring (bicyclic) bond motifs is 1. The minimum atomic E-state index is 0.0897. The summed E-state index contributed by atoms with van der Waals surface area (Å²) in [7, 11) is 2.05. The number of nitrogens with zero attached hydrogens (tertiary/aromatic N) is 3. The first-order valence-corrected chi connectivity index (χ1v) is 13.5. The Morgan fingerprint density at radius 1 is 1.15 bits per heavy atom. The van der Waals surface area contributed by atoms with E-state index in [0.29, 0.717) is 6.54 Å². The normalized spacial score (nSPS) is 16.4. The zero-order valence-corrected chi connectivity index (χ0v) is 21.6. The summed E-state index contributed by atoms with van der Waals surface area (Å²) in [5.41, 5.74) is 3.75. The third-order valence-corrected chi connectivity index (χ3v) is 9.32. The summed E-state index contributed by atoms with van der Waals surface area (Å²) >= 11 is 4.99. The summed E-state index contributed by atoms with van der Waals surface area (Å²) in [6.07, 6.45) is 4.30. The fraction of sp³-hybridized carbons (Fsp3) is 0.231. The molecule has 5 rings (SSSR count). The van der Waals surface area contributed by atoms with Crippen LogP contribution in [-0.4, -0.2) is 11.6 Å². The summed E-state index contributed by atoms with van der Waals surface area (Å²) in [6.45, 7) is 7.01. The fourth-order valence-electron chi connectivity index (χ4n) is 4.16. The molecule has 1 aliphatic heterocycles. The lowest BCUT2D eigenvalue weighted by atomic mass is 10.1. The van der Waals surface area contributed by atoms with Crippen molar-refractivity contribution in [1.82, 2.24) is 4.57 Å². The summed E-state index contributed by atoms with van der Waals surface area (Å²) in [4.78, 5) is 16.8. The van der Waals surface area contributed by atoms with Crippen molar-refractivity contribution in [2.45, 2.75) is 38.3 Å². The van der Waals surface area contributed by atoms with Crippen LogP contribution in [0.15, 0.2) is 69.8 Å². The first-order valence-electron chi connectivity index (χ1n) is 11.0. The van der Waals surface area contributed by atoms with Crippen molar-refractivity contribution < 1.29 is 4.57 Å². The van der Waals surface area contributed by atoms with Crippen molar-refractivity contribution >= 4 is 51.2 Å². The molecule has 0 spiro atoms. The van der Waals surface area contributed by atoms with Gasteiger partial charge in [-0.2, -0.15) is 4.57 Å². The molecule has 3 heterocycles. The molecule has 2 aromatic carbocycles. The van der Waals surface area contributed by atoms with E-state index in [1.807, 2.05) is 17.6 Å². The standard InChI is InChI=1S/C26H26N3OS3/c1-5-28-23(16-22-29(13-14-31-22)18(3)19-9-7-6-8-10-19)33-24(25(28)30)26-27(4)20-12-11-17(2)15-21(20)32-26/h6-16,18H,5H2,1-4H3/q+1/b26-24+. The minimum absolute atomic E-state index is 0.0897. The van der Waals surface area contributed by atoms with Gasteiger partial charge in [-0.3, -0.25) is 9.36 Å². The maximum Gasteiger partial charge on any atom is 0.271 e. The molecule has 168 valence electrons. The van der Waals surface area contributed by atoms with Gasteiger partial charge in [0, 0.05) is 31.0 Å². The predicted octanol–water partition coefficient (Wildman–Crippen LogP) is 4.33. The summed E-state index contributed by atoms with van der Waals surface area (Å²) in [6, 6.07) is 17.2. The lowest BCUT2D eigenvalue weighted by Crippen LogP contribution is -2.39. The molecular weight excluding hydrogens is 467 g/mol. The van der Waals surface area contributed by atoms with Gasteiger partial charge in [-0.1, -0.05) is 59.5 Å². The highest BCUT2D eigenvalue weighted by Crippen LogP contribution is 2.45. The Morgan fingerprint density at radius 3 is 2.70 bits per heavy atom. The van der Waals surface area contributed by atoms with Crippen LogP contribution in [0.5, 0.6) is 0 Å². The molecule has 0 amide bonds. The zero-order chi connectivity index (χ0) is 23.1. The fourth-order valence-corrected chi connectivity index (χ4v) is 7.63. The predicted molar refractivity (Wildman–Crippen MR) is 141 cm³/mol. The molecule has 1 aliphatic rings. The van der Waals surface area contributed by atoms with Gasteiger partial charge in [-0.05, 0) is 31.5 Å². The maximum atomic E-state index is 13.4. The number of hydrogen-bond donors (Lipinski definition) is 0. The van der Waals surface area contributed by atoms with Gasteiger partial charge in [0.15, 0.2) is 12.2 Å². The quantitative estimate of drug-likeness (QED) is 0.397. The van der Waals surface area contributed by atoms with E-state index < -0.39 is 0 Å². The number of thiazole rings is 2. The lowest BCUT2D eigenvalue weighted by molar-refractivity contribution is -0.707. The zero-order valence-electron chi connectivity index (χ0n) is 19.1. The van der Waals surface area contributed by atoms with E-state index in [0.717, 1.165) is 24.9 Å². The van der Waals surface area contributed by atoms with Crippen molar-refractivity contribution in [3.05, 3.63) is 95.8 Å². The van der Waals surface area contributed by atoms with Crippen molar-refractivity contribution in [2.24, 2.45) is 0 Å². The number of benzene rings is 2. The van der Waals surface area contributed by atoms with Crippen LogP contribution in [0.1, 0.15) is 36.0 Å². The van der Waals surface area contributed by atoms with E-state index in [-0.39, 0.29) is 11.6 Å². The third-order valence-electron chi connectivity index (χ3n) is 6.02. The smallest absolute Gasteiger partial charge is 0.271 e. The number of rotatable bonds is 4. The molecule has 7 heteroatoms. The number of aromatic nitrogens is 2. The summed E-state index contributed by atoms with van der Waals surface area (Å²) < 4.78 is 5.98. The lowest BCUT2D eigenvalue weighted by Gasteiger charge is -2.12. The van der Waals surface area contributed by atoms with Gasteiger partial charge in [0.05, 0.1) is 17.1 Å². The van der Waals surface area contributed by atoms with Crippen LogP contribution in [0, 0.1) is 6.92 Å². The number of hydrogen-bond acceptors (Lipinski definition) is 5. The molecule has 33 heavy (non-hydrogen) atoms. The van der Waals surface area contributed by atoms with Crippen LogP contribution in [0.25, 0.3) is 11.1 Å². The number of aryl methyl sites for hydroxylation is 1. The molecule has 0 radical (unpaired) electrons. The van der Waals surface area contributed by atoms with Gasteiger partial charge in [-0.25, -0.2) is 0 Å². The van der Waals surface area contributed by atoms with Gasteiger partial charge in [0.2, 0.25) is 0 Å². The van der Waals surface area contributed by atoms with Crippen LogP contribution in [0.2, 0.25) is 0 Å². The Hall–Kier alpha value is -2.61. The van der Waals surface area contributed by atoms with E-state index >= 15 is 0 Å². The topological polar surface area (TPSA) is 29.1 Å². The summed E-state index contributed by atoms with van der Waals surface area (Å²) in [5.74, 6) is 0. The SMILES string of the molecule is CCn1c(=O)/c(=C2\Sc3cc(C)ccc3N2C)s/c1=C\c1scc[n+]1C(C)c1ccccc1. The van der Waals surface area contributed by atoms with Crippen molar-refractivity contribution in [1.29, 1.82) is 0 Å². The van der Waals surface area contributed by atoms with Gasteiger partial charge in [0.25, 0.3) is 10.6 Å². The largest absolute Gasteiger partial charge is 0.337 e. The molecule has 0 aliphatic carbocycles. The average Bonchev–Trinajstić information content (AvgIpc) is 3.50. The second-order valence-corrected chi connectivity index (χ2v) is 11.1. The van der Waals surface area contributed by atoms with Crippen LogP contribution in [0.4, 0.5) is 5.69 Å². The molecule has 4 nitrogen and oxygen atoms in total. The van der Waals surface area contributed by atoms with Gasteiger partial charge in [-0.15, -0.1) is 11.3 Å². The Labute approximate surface area is 205 Å². The molecule has 0 bridgehead atoms. The van der Waals surface area contributed by atoms with Gasteiger partial charge >= 0.3 is 0 Å². The second kappa shape index (κ2) is 8.97. The van der Waals surface area contributed by atoms with Crippen molar-refractivity contribution in [3.8, 4) is 0 Å². The molecule has 0 N–H and O–H groups in total. The van der Waals surface area contributed by atoms with Crippen molar-refractivity contribution in [3.63, 3.8) is 0 Å². The Kier molecular flexibility index (Phi) is 6.03. The molecule has 0 fully saturated rings. The second-order valence-electron chi connectivity index (χ2n) is 8.14. The average molecular weight is 493 g/mol. The molecule has 1 unspecified atom stereocenters. The highest BCUT2D eigenvalue weighted by molar-refractivity contribution is 8.08. The van der Waals surface area contributed by atoms with E-state index in [4.69, 9.17) is 0 Å². The molecule has 1 atom stereocenters. The Morgan fingerprint density at radius 2 is 1.94 bits per heavy atom. The minimum Gasteiger partial charge on any atom is -0.337 e. The van der Waals surface area contributed by atoms with Crippen LogP contribution >= 0.6 is 34.4 Å². The number of thioether (sulfide) groups is 1. The number of anilines is 1. The first-order chi connectivity index (χ1) is 16.0. The first kappa shape index (κ1) is 22.2. The van der Waals surface area contributed by atoms with Crippen LogP contribution in [0.3, 0.4) is 0 Å². The maximum absolute atomic E-state index is 13.4. The molecule has 0 saturated heterocycles. The van der Waals surface area contributed by atoms with Crippen LogP contribution in [-0.2, 0) is 6.54 Å². The Balaban J connectivity index is 1.63. The third kappa shape index (κ3) is 3.98. The molecular formula is C26H26N3OS3+. The van der Waals surface area contributed by atoms with E-state index in [1.54, 1.807) is 34.4 Å². The molecule has 0 saturated carbocycles. The summed E-state index contributed by atoms with van der Waals surface area (Å²) in [5, 5.41) is 4.27. The highest BCUT2D eigenvalue weighted by atomic mass is 32.2. The molecule has 4 aromatic rings. The molecule has 2 aromatic heterocycles. The van der Waals surface area contributed by atoms with Gasteiger partial charge < -0.3 is 4.90 Å². The van der Waals surface area contributed by atoms with E-state index in [9.17, 15) is 4.79 Å². The monoisotopic (exact) mass is 492 g/mol.